The fraction of sp³-hybridized carbons (Fsp3) is 0.292. The summed E-state index contributed by atoms with van der Waals surface area (Å²) in [5.74, 6) is -3.06. The number of hydrogen-bond donors (Lipinski definition) is 1. The summed E-state index contributed by atoms with van der Waals surface area (Å²) in [5, 5.41) is 20.4. The van der Waals surface area contributed by atoms with Gasteiger partial charge in [0.1, 0.15) is 12.4 Å². The molecule has 0 aliphatic carbocycles. The highest BCUT2D eigenvalue weighted by Crippen LogP contribution is 2.36. The Labute approximate surface area is 210 Å². The van der Waals surface area contributed by atoms with Gasteiger partial charge in [-0.15, -0.1) is 10.1 Å². The molecule has 3 aromatic rings. The van der Waals surface area contributed by atoms with Gasteiger partial charge < -0.3 is 19.6 Å². The Hall–Kier alpha value is -4.12. The minimum absolute atomic E-state index is 0.101. The lowest BCUT2D eigenvalue weighted by atomic mass is 9.92. The maximum Gasteiger partial charge on any atom is 0.311 e. The van der Waals surface area contributed by atoms with Crippen molar-refractivity contribution in [1.82, 2.24) is 9.47 Å². The molecular weight excluding hydrogens is 494 g/mol. The van der Waals surface area contributed by atoms with Gasteiger partial charge in [0, 0.05) is 41.7 Å². The molecule has 1 amide bonds. The van der Waals surface area contributed by atoms with E-state index in [1.807, 2.05) is 0 Å². The molecule has 1 unspecified atom stereocenters. The van der Waals surface area contributed by atoms with Crippen LogP contribution in [0.1, 0.15) is 34.0 Å². The smallest absolute Gasteiger partial charge is 0.311 e. The van der Waals surface area contributed by atoms with Crippen LogP contribution in [-0.4, -0.2) is 64.8 Å². The van der Waals surface area contributed by atoms with Crippen molar-refractivity contribution in [2.24, 2.45) is 0 Å². The molecule has 1 N–H and O–H groups in total. The predicted octanol–water partition coefficient (Wildman–Crippen LogP) is 3.53. The van der Waals surface area contributed by atoms with Gasteiger partial charge in [0.15, 0.2) is 0 Å². The molecule has 0 bridgehead atoms. The van der Waals surface area contributed by atoms with Crippen LogP contribution in [0.2, 0.25) is 5.02 Å². The molecule has 36 heavy (non-hydrogen) atoms. The number of likely N-dealkylation sites (N-methyl/N-ethyl adjacent to an activating group) is 1. The molecule has 0 saturated carbocycles. The number of carboxylic acids is 1. The summed E-state index contributed by atoms with van der Waals surface area (Å²) < 4.78 is 6.71. The monoisotopic (exact) mass is 517 g/mol. The number of carbonyl (C=O) groups excluding carboxylic acids is 2. The molecule has 1 atom stereocenters. The van der Waals surface area contributed by atoms with Crippen molar-refractivity contribution in [3.63, 3.8) is 0 Å². The molecule has 3 rings (SSSR count). The Morgan fingerprint density at radius 2 is 1.86 bits per heavy atom. The molecule has 0 saturated heterocycles. The first-order valence-corrected chi connectivity index (χ1v) is 11.2. The molecule has 12 heteroatoms. The zero-order chi connectivity index (χ0) is 26.6. The van der Waals surface area contributed by atoms with Gasteiger partial charge in [0.2, 0.25) is 5.91 Å². The normalized spacial score (nSPS) is 11.7. The molecule has 0 spiro atoms. The number of amides is 1. The fourth-order valence-corrected chi connectivity index (χ4v) is 4.12. The summed E-state index contributed by atoms with van der Waals surface area (Å²) in [7, 11) is 2.86. The van der Waals surface area contributed by atoms with E-state index in [2.05, 4.69) is 4.84 Å². The number of nitrogens with zero attached hydrogens (tertiary/aromatic N) is 3. The van der Waals surface area contributed by atoms with Gasteiger partial charge in [-0.05, 0) is 55.0 Å². The van der Waals surface area contributed by atoms with Gasteiger partial charge >= 0.3 is 5.97 Å². The molecule has 0 fully saturated rings. The van der Waals surface area contributed by atoms with E-state index in [0.29, 0.717) is 38.5 Å². The van der Waals surface area contributed by atoms with Crippen LogP contribution < -0.4 is 4.74 Å². The molecule has 11 nitrogen and oxygen atoms in total. The number of aromatic nitrogens is 1. The standard InChI is InChI=1S/C24H24ClN3O8/c1-14-22(19(24(31)32)13-21(29)26(2)10-11-36-28(33)34)18-12-17(35-3)8-9-20(18)27(14)23(30)15-4-6-16(25)7-5-15/h4-9,12,19H,10-11,13H2,1-3H3,(H,31,32). The van der Waals surface area contributed by atoms with Crippen LogP contribution in [-0.2, 0) is 14.4 Å². The molecule has 1 heterocycles. The van der Waals surface area contributed by atoms with E-state index >= 15 is 0 Å². The Bertz CT molecular complexity index is 1320. The number of ether oxygens (including phenoxy) is 1. The van der Waals surface area contributed by atoms with E-state index in [1.165, 1.54) is 18.7 Å². The van der Waals surface area contributed by atoms with Crippen LogP contribution >= 0.6 is 11.6 Å². The van der Waals surface area contributed by atoms with Gasteiger partial charge in [-0.2, -0.15) is 0 Å². The van der Waals surface area contributed by atoms with E-state index in [-0.39, 0.29) is 13.2 Å². The van der Waals surface area contributed by atoms with Crippen LogP contribution in [0.25, 0.3) is 10.9 Å². The van der Waals surface area contributed by atoms with Crippen molar-refractivity contribution in [1.29, 1.82) is 0 Å². The quantitative estimate of drug-likeness (QED) is 0.318. The van der Waals surface area contributed by atoms with Gasteiger partial charge in [-0.1, -0.05) is 11.6 Å². The highest BCUT2D eigenvalue weighted by molar-refractivity contribution is 6.30. The lowest BCUT2D eigenvalue weighted by Gasteiger charge is -2.20. The van der Waals surface area contributed by atoms with E-state index in [9.17, 15) is 29.6 Å². The van der Waals surface area contributed by atoms with Gasteiger partial charge in [-0.3, -0.25) is 19.0 Å². The molecular formula is C24H24ClN3O8. The second kappa shape index (κ2) is 11.1. The van der Waals surface area contributed by atoms with E-state index in [0.717, 1.165) is 4.90 Å². The molecule has 190 valence electrons. The van der Waals surface area contributed by atoms with Crippen LogP contribution in [0.3, 0.4) is 0 Å². The van der Waals surface area contributed by atoms with Gasteiger partial charge in [0.05, 0.1) is 18.5 Å². The highest BCUT2D eigenvalue weighted by atomic mass is 35.5. The Balaban J connectivity index is 2.07. The Kier molecular flexibility index (Phi) is 8.15. The van der Waals surface area contributed by atoms with Gasteiger partial charge in [0.25, 0.3) is 11.0 Å². The molecule has 0 aliphatic rings. The Morgan fingerprint density at radius 1 is 1.19 bits per heavy atom. The summed E-state index contributed by atoms with van der Waals surface area (Å²) in [4.78, 5) is 54.4. The van der Waals surface area contributed by atoms with Crippen molar-refractivity contribution in [2.45, 2.75) is 19.3 Å². The first-order chi connectivity index (χ1) is 17.0. The van der Waals surface area contributed by atoms with Gasteiger partial charge in [-0.25, -0.2) is 0 Å². The summed E-state index contributed by atoms with van der Waals surface area (Å²) >= 11 is 5.95. The molecule has 1 aromatic heterocycles. The minimum atomic E-state index is -1.30. The van der Waals surface area contributed by atoms with E-state index < -0.39 is 35.2 Å². The Morgan fingerprint density at radius 3 is 2.44 bits per heavy atom. The lowest BCUT2D eigenvalue weighted by Crippen LogP contribution is -2.33. The lowest BCUT2D eigenvalue weighted by molar-refractivity contribution is -0.757. The minimum Gasteiger partial charge on any atom is -0.497 e. The topological polar surface area (TPSA) is 141 Å². The zero-order valence-electron chi connectivity index (χ0n) is 19.8. The summed E-state index contributed by atoms with van der Waals surface area (Å²) in [5.41, 5.74) is 1.45. The van der Waals surface area contributed by atoms with Crippen molar-refractivity contribution in [3.8, 4) is 5.75 Å². The third kappa shape index (κ3) is 5.57. The largest absolute Gasteiger partial charge is 0.497 e. The first kappa shape index (κ1) is 26.5. The van der Waals surface area contributed by atoms with Crippen molar-refractivity contribution in [2.75, 3.05) is 27.3 Å². The van der Waals surface area contributed by atoms with E-state index in [1.54, 1.807) is 49.4 Å². The fourth-order valence-electron chi connectivity index (χ4n) is 3.99. The van der Waals surface area contributed by atoms with Crippen LogP contribution in [0.4, 0.5) is 0 Å². The van der Waals surface area contributed by atoms with Crippen LogP contribution in [0.15, 0.2) is 42.5 Å². The average molecular weight is 518 g/mol. The highest BCUT2D eigenvalue weighted by Gasteiger charge is 2.32. The number of aliphatic carboxylic acids is 1. The molecule has 0 aliphatic heterocycles. The number of methoxy groups -OCH3 is 1. The number of carbonyl (C=O) groups is 3. The number of halogens is 1. The number of benzene rings is 2. The van der Waals surface area contributed by atoms with Crippen LogP contribution in [0, 0.1) is 17.0 Å². The third-order valence-electron chi connectivity index (χ3n) is 5.83. The van der Waals surface area contributed by atoms with Crippen molar-refractivity contribution in [3.05, 3.63) is 74.4 Å². The maximum atomic E-state index is 13.5. The van der Waals surface area contributed by atoms with Crippen LogP contribution in [0.5, 0.6) is 5.75 Å². The zero-order valence-corrected chi connectivity index (χ0v) is 20.5. The van der Waals surface area contributed by atoms with Crippen molar-refractivity contribution >= 4 is 40.3 Å². The SMILES string of the molecule is COc1ccc2c(c1)c(C(CC(=O)N(C)CCO[N+](=O)[O-])C(=O)O)c(C)n2C(=O)c1ccc(Cl)cc1. The number of carboxylic acid groups (broad SMARTS) is 1. The maximum absolute atomic E-state index is 13.5. The van der Waals surface area contributed by atoms with E-state index in [4.69, 9.17) is 16.3 Å². The number of rotatable bonds is 10. The summed E-state index contributed by atoms with van der Waals surface area (Å²) in [6.45, 7) is 1.17. The summed E-state index contributed by atoms with van der Waals surface area (Å²) in [6, 6.07) is 11.2. The molecule has 2 aromatic carbocycles. The predicted molar refractivity (Wildman–Crippen MR) is 130 cm³/mol. The number of hydrogen-bond acceptors (Lipinski definition) is 7. The second-order valence-corrected chi connectivity index (χ2v) is 8.43. The molecule has 0 radical (unpaired) electrons. The third-order valence-corrected chi connectivity index (χ3v) is 6.08. The second-order valence-electron chi connectivity index (χ2n) is 8.00. The average Bonchev–Trinajstić information content (AvgIpc) is 3.12. The van der Waals surface area contributed by atoms with Crippen molar-refractivity contribution < 1.29 is 34.2 Å². The first-order valence-electron chi connectivity index (χ1n) is 10.8. The summed E-state index contributed by atoms with van der Waals surface area (Å²) in [6.07, 6.45) is -0.434. The number of fused-ring (bicyclic) bond motifs is 1.